The molecule has 0 aliphatic carbocycles. The van der Waals surface area contributed by atoms with Crippen molar-refractivity contribution in [2.75, 3.05) is 13.1 Å². The minimum absolute atomic E-state index is 0.0131. The molecular formula is C17H17N3O5S2. The monoisotopic (exact) mass is 407 g/mol. The van der Waals surface area contributed by atoms with Crippen molar-refractivity contribution in [3.63, 3.8) is 0 Å². The summed E-state index contributed by atoms with van der Waals surface area (Å²) in [5.41, 5.74) is 0.539. The minimum atomic E-state index is -3.61. The summed E-state index contributed by atoms with van der Waals surface area (Å²) in [5.74, 6) is -1.58. The van der Waals surface area contributed by atoms with Gasteiger partial charge in [-0.1, -0.05) is 18.2 Å². The molecule has 3 rings (SSSR count). The Kier molecular flexibility index (Phi) is 5.40. The summed E-state index contributed by atoms with van der Waals surface area (Å²) < 4.78 is 26.5. The molecule has 1 aromatic heterocycles. The molecule has 2 heterocycles. The molecule has 3 amide bonds. The third-order valence-corrected chi connectivity index (χ3v) is 6.93. The second-order valence-electron chi connectivity index (χ2n) is 5.82. The Morgan fingerprint density at radius 3 is 2.26 bits per heavy atom. The molecule has 1 atom stereocenters. The maximum absolute atomic E-state index is 12.4. The van der Waals surface area contributed by atoms with E-state index in [1.165, 1.54) is 13.0 Å². The lowest BCUT2D eigenvalue weighted by atomic mass is 10.1. The molecule has 1 unspecified atom stereocenters. The zero-order valence-electron chi connectivity index (χ0n) is 14.3. The highest BCUT2D eigenvalue weighted by molar-refractivity contribution is 7.91. The Hall–Kier alpha value is -2.56. The van der Waals surface area contributed by atoms with Gasteiger partial charge in [-0.3, -0.25) is 19.3 Å². The number of carbonyl (C=O) groups is 3. The summed E-state index contributed by atoms with van der Waals surface area (Å²) in [7, 11) is -3.61. The number of nitrogens with one attached hydrogen (secondary N) is 2. The molecule has 0 saturated heterocycles. The van der Waals surface area contributed by atoms with Crippen molar-refractivity contribution in [3.05, 3.63) is 52.9 Å². The van der Waals surface area contributed by atoms with E-state index < -0.39 is 33.8 Å². The second-order valence-corrected chi connectivity index (χ2v) is 8.76. The van der Waals surface area contributed by atoms with Gasteiger partial charge in [-0.15, -0.1) is 11.3 Å². The molecule has 142 valence electrons. The summed E-state index contributed by atoms with van der Waals surface area (Å²) >= 11 is 1.09. The molecule has 27 heavy (non-hydrogen) atoms. The number of imide groups is 1. The Balaban J connectivity index is 1.55. The number of hydrogen-bond donors (Lipinski definition) is 2. The lowest BCUT2D eigenvalue weighted by Crippen LogP contribution is -2.49. The fourth-order valence-corrected chi connectivity index (χ4v) is 4.75. The number of fused-ring (bicyclic) bond motifs is 1. The molecule has 0 radical (unpaired) electrons. The number of benzene rings is 1. The van der Waals surface area contributed by atoms with E-state index in [0.717, 1.165) is 16.2 Å². The minimum Gasteiger partial charge on any atom is -0.353 e. The highest BCUT2D eigenvalue weighted by Gasteiger charge is 2.40. The zero-order chi connectivity index (χ0) is 19.6. The van der Waals surface area contributed by atoms with Crippen molar-refractivity contribution < 1.29 is 22.8 Å². The quantitative estimate of drug-likeness (QED) is 0.521. The molecule has 0 bridgehead atoms. The lowest BCUT2D eigenvalue weighted by molar-refractivity contribution is -0.124. The molecule has 0 saturated carbocycles. The molecule has 10 heteroatoms. The van der Waals surface area contributed by atoms with Crippen LogP contribution in [0.15, 0.2) is 46.0 Å². The van der Waals surface area contributed by atoms with Gasteiger partial charge in [0.1, 0.15) is 10.3 Å². The number of nitrogens with zero attached hydrogens (tertiary/aromatic N) is 1. The maximum Gasteiger partial charge on any atom is 0.262 e. The number of hydrogen-bond acceptors (Lipinski definition) is 6. The van der Waals surface area contributed by atoms with E-state index in [1.54, 1.807) is 35.7 Å². The third-order valence-electron chi connectivity index (χ3n) is 4.07. The van der Waals surface area contributed by atoms with Crippen molar-refractivity contribution in [2.24, 2.45) is 0 Å². The van der Waals surface area contributed by atoms with Crippen LogP contribution in [0.5, 0.6) is 0 Å². The average molecular weight is 407 g/mol. The van der Waals surface area contributed by atoms with Crippen LogP contribution in [0.25, 0.3) is 0 Å². The highest BCUT2D eigenvalue weighted by Crippen LogP contribution is 2.24. The summed E-state index contributed by atoms with van der Waals surface area (Å²) in [6.07, 6.45) is 0. The van der Waals surface area contributed by atoms with Crippen LogP contribution in [-0.2, 0) is 14.8 Å². The predicted molar refractivity (Wildman–Crippen MR) is 98.9 cm³/mol. The fraction of sp³-hybridized carbons (Fsp3) is 0.235. The zero-order valence-corrected chi connectivity index (χ0v) is 16.0. The van der Waals surface area contributed by atoms with E-state index >= 15 is 0 Å². The molecule has 1 aromatic carbocycles. The standard InChI is InChI=1S/C17H17N3O5S2/c1-11(20-16(22)12-5-2-3-6-13(12)17(20)23)15(21)18-8-9-19-27(24,25)14-7-4-10-26-14/h2-7,10-11,19H,8-9H2,1H3,(H,18,21). The predicted octanol–water partition coefficient (Wildman–Crippen LogP) is 0.827. The van der Waals surface area contributed by atoms with Crippen molar-refractivity contribution in [3.8, 4) is 0 Å². The van der Waals surface area contributed by atoms with Crippen molar-refractivity contribution in [1.29, 1.82) is 0 Å². The van der Waals surface area contributed by atoms with Crippen LogP contribution in [0.2, 0.25) is 0 Å². The first-order chi connectivity index (χ1) is 12.8. The number of thiophene rings is 1. The van der Waals surface area contributed by atoms with Gasteiger partial charge in [0.05, 0.1) is 11.1 Å². The molecule has 2 N–H and O–H groups in total. The van der Waals surface area contributed by atoms with Gasteiger partial charge in [-0.25, -0.2) is 13.1 Å². The largest absolute Gasteiger partial charge is 0.353 e. The van der Waals surface area contributed by atoms with Crippen molar-refractivity contribution in [1.82, 2.24) is 14.9 Å². The number of rotatable bonds is 7. The molecule has 0 spiro atoms. The normalized spacial score (nSPS) is 14.9. The van der Waals surface area contributed by atoms with Crippen LogP contribution in [0.1, 0.15) is 27.6 Å². The van der Waals surface area contributed by atoms with E-state index in [2.05, 4.69) is 10.0 Å². The van der Waals surface area contributed by atoms with Gasteiger partial charge in [0.25, 0.3) is 11.8 Å². The average Bonchev–Trinajstić information content (AvgIpc) is 3.27. The smallest absolute Gasteiger partial charge is 0.262 e. The van der Waals surface area contributed by atoms with Crippen LogP contribution >= 0.6 is 11.3 Å². The molecule has 8 nitrogen and oxygen atoms in total. The fourth-order valence-electron chi connectivity index (χ4n) is 2.68. The number of carbonyl (C=O) groups excluding carboxylic acids is 3. The van der Waals surface area contributed by atoms with E-state index in [-0.39, 0.29) is 28.4 Å². The van der Waals surface area contributed by atoms with Gasteiger partial charge in [-0.05, 0) is 30.5 Å². The van der Waals surface area contributed by atoms with Crippen molar-refractivity contribution >= 4 is 39.1 Å². The van der Waals surface area contributed by atoms with Gasteiger partial charge in [0.15, 0.2) is 0 Å². The van der Waals surface area contributed by atoms with Crippen LogP contribution in [0, 0.1) is 0 Å². The Morgan fingerprint density at radius 1 is 1.07 bits per heavy atom. The summed E-state index contributed by atoms with van der Waals surface area (Å²) in [6.45, 7) is 1.46. The number of sulfonamides is 1. The van der Waals surface area contributed by atoms with Gasteiger partial charge in [0.2, 0.25) is 15.9 Å². The SMILES string of the molecule is CC(C(=O)NCCNS(=O)(=O)c1cccs1)N1C(=O)c2ccccc2C1=O. The van der Waals surface area contributed by atoms with Gasteiger partial charge in [-0.2, -0.15) is 0 Å². The summed E-state index contributed by atoms with van der Waals surface area (Å²) in [4.78, 5) is 38.0. The Labute approximate surface area is 160 Å². The highest BCUT2D eigenvalue weighted by atomic mass is 32.2. The molecule has 2 aromatic rings. The van der Waals surface area contributed by atoms with Crippen LogP contribution in [0.4, 0.5) is 0 Å². The van der Waals surface area contributed by atoms with E-state index in [4.69, 9.17) is 0 Å². The van der Waals surface area contributed by atoms with Crippen LogP contribution in [-0.4, -0.2) is 50.2 Å². The molecule has 1 aliphatic rings. The van der Waals surface area contributed by atoms with Crippen LogP contribution < -0.4 is 10.0 Å². The third kappa shape index (κ3) is 3.77. The van der Waals surface area contributed by atoms with E-state index in [1.807, 2.05) is 0 Å². The first kappa shape index (κ1) is 19.2. The molecule has 0 fully saturated rings. The second kappa shape index (κ2) is 7.59. The Morgan fingerprint density at radius 2 is 1.70 bits per heavy atom. The van der Waals surface area contributed by atoms with Gasteiger partial charge in [0, 0.05) is 13.1 Å². The summed E-state index contributed by atoms with van der Waals surface area (Å²) in [5, 5.41) is 4.19. The first-order valence-corrected chi connectivity index (χ1v) is 10.5. The summed E-state index contributed by atoms with van der Waals surface area (Å²) in [6, 6.07) is 8.49. The maximum atomic E-state index is 12.4. The number of amides is 3. The van der Waals surface area contributed by atoms with Crippen molar-refractivity contribution in [2.45, 2.75) is 17.2 Å². The topological polar surface area (TPSA) is 113 Å². The van der Waals surface area contributed by atoms with Gasteiger partial charge >= 0.3 is 0 Å². The lowest BCUT2D eigenvalue weighted by Gasteiger charge is -2.21. The van der Waals surface area contributed by atoms with E-state index in [0.29, 0.717) is 0 Å². The van der Waals surface area contributed by atoms with Crippen LogP contribution in [0.3, 0.4) is 0 Å². The Bertz CT molecular complexity index is 951. The van der Waals surface area contributed by atoms with Gasteiger partial charge < -0.3 is 5.32 Å². The molecular weight excluding hydrogens is 390 g/mol. The first-order valence-electron chi connectivity index (χ1n) is 8.11. The molecule has 1 aliphatic heterocycles. The van der Waals surface area contributed by atoms with E-state index in [9.17, 15) is 22.8 Å².